The highest BCUT2D eigenvalue weighted by Crippen LogP contribution is 2.42. The van der Waals surface area contributed by atoms with Crippen LogP contribution in [0, 0.1) is 0 Å². The van der Waals surface area contributed by atoms with Crippen molar-refractivity contribution in [2.75, 3.05) is 13.9 Å². The molecular formula is C13H15N3O5. The summed E-state index contributed by atoms with van der Waals surface area (Å²) in [5, 5.41) is 3.74. The molecule has 0 bridgehead atoms. The number of benzene rings is 1. The van der Waals surface area contributed by atoms with E-state index in [-0.39, 0.29) is 18.6 Å². The lowest BCUT2D eigenvalue weighted by molar-refractivity contribution is -0.115. The molecule has 21 heavy (non-hydrogen) atoms. The molecule has 8 heteroatoms. The first kappa shape index (κ1) is 13.5. The fourth-order valence-electron chi connectivity index (χ4n) is 2.32. The van der Waals surface area contributed by atoms with Gasteiger partial charge in [-0.2, -0.15) is 0 Å². The van der Waals surface area contributed by atoms with Crippen LogP contribution in [0.25, 0.3) is 0 Å². The molecule has 2 aliphatic rings. The molecule has 1 amide bonds. The average Bonchev–Trinajstić information content (AvgIpc) is 3.14. The largest absolute Gasteiger partial charge is 0.493 e. The van der Waals surface area contributed by atoms with Gasteiger partial charge >= 0.3 is 0 Å². The molecule has 0 aromatic heterocycles. The lowest BCUT2D eigenvalue weighted by Gasteiger charge is -2.11. The van der Waals surface area contributed by atoms with Crippen molar-refractivity contribution in [1.29, 1.82) is 0 Å². The second-order valence-corrected chi connectivity index (χ2v) is 4.68. The van der Waals surface area contributed by atoms with Crippen LogP contribution >= 0.6 is 0 Å². The first-order chi connectivity index (χ1) is 10.2. The number of hydrogen-bond acceptors (Lipinski definition) is 7. The highest BCUT2D eigenvalue weighted by atomic mass is 16.7. The number of fused-ring (bicyclic) bond motifs is 1. The van der Waals surface area contributed by atoms with Crippen molar-refractivity contribution < 1.29 is 23.8 Å². The minimum Gasteiger partial charge on any atom is -0.493 e. The highest BCUT2D eigenvalue weighted by molar-refractivity contribution is 6.38. The Kier molecular flexibility index (Phi) is 3.53. The third-order valence-corrected chi connectivity index (χ3v) is 3.31. The van der Waals surface area contributed by atoms with Crippen molar-refractivity contribution >= 4 is 11.6 Å². The van der Waals surface area contributed by atoms with Gasteiger partial charge in [-0.25, -0.2) is 5.84 Å². The second kappa shape index (κ2) is 5.49. The number of ether oxygens (including phenoxy) is 3. The summed E-state index contributed by atoms with van der Waals surface area (Å²) in [6.07, 6.45) is 0.750. The van der Waals surface area contributed by atoms with Crippen molar-refractivity contribution in [3.8, 4) is 17.2 Å². The van der Waals surface area contributed by atoms with Gasteiger partial charge in [0.05, 0.1) is 7.11 Å². The van der Waals surface area contributed by atoms with Crippen LogP contribution in [0.3, 0.4) is 0 Å². The molecular weight excluding hydrogens is 278 g/mol. The monoisotopic (exact) mass is 293 g/mol. The third-order valence-electron chi connectivity index (χ3n) is 3.31. The van der Waals surface area contributed by atoms with E-state index in [9.17, 15) is 4.79 Å². The topological polar surface area (TPSA) is 104 Å². The Morgan fingerprint density at radius 2 is 2.38 bits per heavy atom. The van der Waals surface area contributed by atoms with Gasteiger partial charge in [0.25, 0.3) is 5.91 Å². The van der Waals surface area contributed by atoms with Gasteiger partial charge in [-0.15, -0.1) is 0 Å². The molecule has 0 saturated carbocycles. The number of nitrogens with two attached hydrogens (primary N) is 1. The smallest absolute Gasteiger partial charge is 0.283 e. The lowest BCUT2D eigenvalue weighted by atomic mass is 10.0. The molecule has 2 aliphatic heterocycles. The van der Waals surface area contributed by atoms with Crippen LogP contribution in [0.15, 0.2) is 17.3 Å². The Morgan fingerprint density at radius 3 is 3.14 bits per heavy atom. The van der Waals surface area contributed by atoms with E-state index >= 15 is 0 Å². The Labute approximate surface area is 120 Å². The van der Waals surface area contributed by atoms with Crippen LogP contribution in [-0.2, 0) is 16.1 Å². The number of carbonyl (C=O) groups excluding carboxylic acids is 1. The van der Waals surface area contributed by atoms with E-state index in [1.54, 1.807) is 7.11 Å². The molecule has 0 radical (unpaired) electrons. The van der Waals surface area contributed by atoms with Gasteiger partial charge in [0, 0.05) is 12.8 Å². The number of oxime groups is 1. The molecule has 0 aliphatic carbocycles. The average molecular weight is 293 g/mol. The Hall–Kier alpha value is -2.48. The maximum atomic E-state index is 11.4. The van der Waals surface area contributed by atoms with Crippen LogP contribution in [0.1, 0.15) is 12.0 Å². The summed E-state index contributed by atoms with van der Waals surface area (Å²) in [7, 11) is 1.57. The number of hydrogen-bond donors (Lipinski definition) is 2. The number of rotatable bonds is 4. The van der Waals surface area contributed by atoms with E-state index in [1.807, 2.05) is 17.6 Å². The summed E-state index contributed by atoms with van der Waals surface area (Å²) < 4.78 is 16.0. The quantitative estimate of drug-likeness (QED) is 0.463. The normalized spacial score (nSPS) is 19.0. The van der Waals surface area contributed by atoms with E-state index in [0.717, 1.165) is 5.56 Å². The first-order valence-electron chi connectivity index (χ1n) is 6.41. The standard InChI is InChI=1S/C13H15N3O5/c1-18-10-3-7(4-11-12(10)20-6-19-11)2-8-5-9(16-21-8)13(17)15-14/h3-4,8H,2,5-6,14H2,1H3,(H,15,17). The Balaban J connectivity index is 1.71. The van der Waals surface area contributed by atoms with E-state index in [0.29, 0.717) is 30.1 Å². The van der Waals surface area contributed by atoms with Crippen LogP contribution in [0.5, 0.6) is 17.2 Å². The summed E-state index contributed by atoms with van der Waals surface area (Å²) in [4.78, 5) is 16.6. The first-order valence-corrected chi connectivity index (χ1v) is 6.41. The summed E-state index contributed by atoms with van der Waals surface area (Å²) in [5.41, 5.74) is 3.27. The van der Waals surface area contributed by atoms with Crippen molar-refractivity contribution in [2.24, 2.45) is 11.0 Å². The zero-order valence-corrected chi connectivity index (χ0v) is 11.4. The molecule has 1 aromatic carbocycles. The number of hydrazine groups is 1. The van der Waals surface area contributed by atoms with Gasteiger partial charge in [0.2, 0.25) is 12.5 Å². The molecule has 0 fully saturated rings. The molecule has 1 unspecified atom stereocenters. The van der Waals surface area contributed by atoms with Crippen molar-refractivity contribution in [2.45, 2.75) is 18.9 Å². The second-order valence-electron chi connectivity index (χ2n) is 4.68. The van der Waals surface area contributed by atoms with Crippen LogP contribution in [-0.4, -0.2) is 31.6 Å². The third kappa shape index (κ3) is 2.57. The molecule has 3 N–H and O–H groups in total. The van der Waals surface area contributed by atoms with Gasteiger partial charge in [-0.3, -0.25) is 10.2 Å². The molecule has 8 nitrogen and oxygen atoms in total. The SMILES string of the molecule is COc1cc(CC2CC(C(=O)NN)=NO2)cc2c1OCO2. The minimum atomic E-state index is -0.430. The van der Waals surface area contributed by atoms with E-state index < -0.39 is 5.91 Å². The van der Waals surface area contributed by atoms with Gasteiger partial charge < -0.3 is 19.0 Å². The zero-order chi connectivity index (χ0) is 14.8. The fourth-order valence-corrected chi connectivity index (χ4v) is 2.32. The summed E-state index contributed by atoms with van der Waals surface area (Å²) in [6.45, 7) is 0.180. The van der Waals surface area contributed by atoms with Gasteiger partial charge in [-0.05, 0) is 17.7 Å². The number of nitrogens with one attached hydrogen (secondary N) is 1. The van der Waals surface area contributed by atoms with Gasteiger partial charge in [-0.1, -0.05) is 5.16 Å². The van der Waals surface area contributed by atoms with Crippen molar-refractivity contribution in [3.05, 3.63) is 17.7 Å². The fraction of sp³-hybridized carbons (Fsp3) is 0.385. The zero-order valence-electron chi connectivity index (χ0n) is 11.4. The highest BCUT2D eigenvalue weighted by Gasteiger charge is 2.27. The van der Waals surface area contributed by atoms with Gasteiger partial charge in [0.1, 0.15) is 11.8 Å². The van der Waals surface area contributed by atoms with Crippen molar-refractivity contribution in [1.82, 2.24) is 5.43 Å². The van der Waals surface area contributed by atoms with Gasteiger partial charge in [0.15, 0.2) is 11.5 Å². The minimum absolute atomic E-state index is 0.180. The molecule has 0 saturated heterocycles. The predicted molar refractivity (Wildman–Crippen MR) is 72.1 cm³/mol. The number of carbonyl (C=O) groups is 1. The molecule has 1 aromatic rings. The van der Waals surface area contributed by atoms with Crippen LogP contribution < -0.4 is 25.5 Å². The molecule has 0 spiro atoms. The van der Waals surface area contributed by atoms with Crippen LogP contribution in [0.2, 0.25) is 0 Å². The maximum Gasteiger partial charge on any atom is 0.283 e. The van der Waals surface area contributed by atoms with E-state index in [4.69, 9.17) is 24.9 Å². The summed E-state index contributed by atoms with van der Waals surface area (Å²) in [6, 6.07) is 3.73. The number of methoxy groups -OCH3 is 1. The summed E-state index contributed by atoms with van der Waals surface area (Å²) in [5.74, 6) is 6.49. The molecule has 1 atom stereocenters. The lowest BCUT2D eigenvalue weighted by Crippen LogP contribution is -2.36. The van der Waals surface area contributed by atoms with E-state index in [1.165, 1.54) is 0 Å². The van der Waals surface area contributed by atoms with Crippen molar-refractivity contribution in [3.63, 3.8) is 0 Å². The molecule has 112 valence electrons. The van der Waals surface area contributed by atoms with E-state index in [2.05, 4.69) is 5.16 Å². The predicted octanol–water partition coefficient (Wildman–Crippen LogP) is 0.101. The Morgan fingerprint density at radius 1 is 1.52 bits per heavy atom. The molecule has 3 rings (SSSR count). The van der Waals surface area contributed by atoms with Crippen LogP contribution in [0.4, 0.5) is 0 Å². The Bertz CT molecular complexity index is 602. The number of amides is 1. The maximum absolute atomic E-state index is 11.4. The summed E-state index contributed by atoms with van der Waals surface area (Å²) >= 11 is 0. The molecule has 2 heterocycles. The number of nitrogens with zero attached hydrogens (tertiary/aromatic N) is 1.